The van der Waals surface area contributed by atoms with E-state index in [1.165, 1.54) is 0 Å². The predicted octanol–water partition coefficient (Wildman–Crippen LogP) is 4.90. The van der Waals surface area contributed by atoms with Crippen molar-refractivity contribution < 1.29 is 28.9 Å². The monoisotopic (exact) mass is 473 g/mol. The van der Waals surface area contributed by atoms with E-state index in [0.29, 0.717) is 35.4 Å². The molecule has 1 aromatic heterocycles. The van der Waals surface area contributed by atoms with Crippen molar-refractivity contribution >= 4 is 22.8 Å². The minimum Gasteiger partial charge on any atom is -0.497 e. The van der Waals surface area contributed by atoms with Gasteiger partial charge in [0.2, 0.25) is 0 Å². The summed E-state index contributed by atoms with van der Waals surface area (Å²) in [5, 5.41) is 9.97. The third-order valence-electron chi connectivity index (χ3n) is 5.90. The van der Waals surface area contributed by atoms with E-state index < -0.39 is 5.97 Å². The minimum atomic E-state index is -0.907. The number of carboxylic acid groups (broad SMARTS) is 1. The molecule has 0 spiro atoms. The number of benzene rings is 3. The first kappa shape index (κ1) is 23.9. The van der Waals surface area contributed by atoms with Crippen LogP contribution in [0.4, 0.5) is 0 Å². The Morgan fingerprint density at radius 3 is 2.31 bits per heavy atom. The molecule has 4 rings (SSSR count). The van der Waals surface area contributed by atoms with Gasteiger partial charge in [-0.3, -0.25) is 14.2 Å². The number of hydrogen-bond donors (Lipinski definition) is 1. The minimum absolute atomic E-state index is 0.0938. The summed E-state index contributed by atoms with van der Waals surface area (Å²) in [5.74, 6) is 1.05. The van der Waals surface area contributed by atoms with Crippen LogP contribution in [-0.2, 0) is 17.6 Å². The van der Waals surface area contributed by atoms with E-state index in [2.05, 4.69) is 0 Å². The summed E-state index contributed by atoms with van der Waals surface area (Å²) >= 11 is 0. The van der Waals surface area contributed by atoms with Gasteiger partial charge in [-0.15, -0.1) is 0 Å². The summed E-state index contributed by atoms with van der Waals surface area (Å²) < 4.78 is 18.2. The number of aliphatic carboxylic acids is 1. The van der Waals surface area contributed by atoms with Gasteiger partial charge in [0, 0.05) is 29.1 Å². The molecule has 0 aliphatic carbocycles. The topological polar surface area (TPSA) is 87.0 Å². The lowest BCUT2D eigenvalue weighted by atomic mass is 10.1. The number of aromatic nitrogens is 1. The van der Waals surface area contributed by atoms with Gasteiger partial charge in [0.05, 0.1) is 32.8 Å². The van der Waals surface area contributed by atoms with E-state index >= 15 is 0 Å². The Bertz CT molecular complexity index is 1370. The fraction of sp³-hybridized carbons (Fsp3) is 0.214. The second-order valence-electron chi connectivity index (χ2n) is 8.15. The molecule has 0 radical (unpaired) electrons. The number of hydrogen-bond acceptors (Lipinski definition) is 5. The average Bonchev–Trinajstić information content (AvgIpc) is 3.20. The molecule has 0 saturated heterocycles. The standard InChI is InChI=1S/C28H27NO6/c1-18-15-24-21(16-27(30)31)5-4-6-25(24)29(18)28(32)20-8-10-22(11-9-20)35-14-13-19-7-12-23(33-2)17-26(19)34-3/h4-12,15,17H,13-14,16H2,1-3H3,(H,30,31). The van der Waals surface area contributed by atoms with Gasteiger partial charge in [-0.05, 0) is 60.5 Å². The van der Waals surface area contributed by atoms with E-state index in [4.69, 9.17) is 14.2 Å². The number of ether oxygens (including phenoxy) is 3. The van der Waals surface area contributed by atoms with Gasteiger partial charge in [0.25, 0.3) is 5.91 Å². The molecule has 35 heavy (non-hydrogen) atoms. The Labute approximate surface area is 203 Å². The second kappa shape index (κ2) is 10.3. The van der Waals surface area contributed by atoms with E-state index in [-0.39, 0.29) is 12.3 Å². The van der Waals surface area contributed by atoms with Gasteiger partial charge >= 0.3 is 5.97 Å². The van der Waals surface area contributed by atoms with Crippen LogP contribution in [0.1, 0.15) is 27.2 Å². The van der Waals surface area contributed by atoms with Crippen LogP contribution >= 0.6 is 0 Å². The lowest BCUT2D eigenvalue weighted by molar-refractivity contribution is -0.136. The summed E-state index contributed by atoms with van der Waals surface area (Å²) in [7, 11) is 3.24. The first-order valence-electron chi connectivity index (χ1n) is 11.2. The van der Waals surface area contributed by atoms with Crippen molar-refractivity contribution in [1.29, 1.82) is 0 Å². The smallest absolute Gasteiger partial charge is 0.307 e. The molecule has 0 amide bonds. The molecule has 0 unspecified atom stereocenters. The van der Waals surface area contributed by atoms with Crippen molar-refractivity contribution in [3.8, 4) is 17.2 Å². The molecule has 0 bridgehead atoms. The maximum absolute atomic E-state index is 13.3. The Hall–Kier alpha value is -4.26. The fourth-order valence-electron chi connectivity index (χ4n) is 4.17. The van der Waals surface area contributed by atoms with Crippen LogP contribution in [0.5, 0.6) is 17.2 Å². The summed E-state index contributed by atoms with van der Waals surface area (Å²) in [6.45, 7) is 2.29. The molecule has 1 heterocycles. The Morgan fingerprint density at radius 2 is 1.63 bits per heavy atom. The van der Waals surface area contributed by atoms with E-state index in [1.54, 1.807) is 55.2 Å². The molecule has 0 saturated carbocycles. The zero-order chi connectivity index (χ0) is 24.9. The summed E-state index contributed by atoms with van der Waals surface area (Å²) in [5.41, 5.74) is 3.65. The van der Waals surface area contributed by atoms with Crippen molar-refractivity contribution in [3.05, 3.63) is 89.1 Å². The van der Waals surface area contributed by atoms with Gasteiger partial charge in [-0.25, -0.2) is 0 Å². The highest BCUT2D eigenvalue weighted by Crippen LogP contribution is 2.27. The van der Waals surface area contributed by atoms with Crippen LogP contribution in [-0.4, -0.2) is 42.4 Å². The van der Waals surface area contributed by atoms with Crippen molar-refractivity contribution in [2.45, 2.75) is 19.8 Å². The van der Waals surface area contributed by atoms with E-state index in [9.17, 15) is 14.7 Å². The van der Waals surface area contributed by atoms with Gasteiger partial charge in [0.1, 0.15) is 17.2 Å². The van der Waals surface area contributed by atoms with Gasteiger partial charge < -0.3 is 19.3 Å². The van der Waals surface area contributed by atoms with Crippen molar-refractivity contribution in [3.63, 3.8) is 0 Å². The summed E-state index contributed by atoms with van der Waals surface area (Å²) in [6, 6.07) is 19.9. The van der Waals surface area contributed by atoms with Crippen molar-refractivity contribution in [2.75, 3.05) is 20.8 Å². The van der Waals surface area contributed by atoms with Crippen LogP contribution in [0.25, 0.3) is 10.9 Å². The van der Waals surface area contributed by atoms with Gasteiger partial charge in [-0.2, -0.15) is 0 Å². The maximum Gasteiger partial charge on any atom is 0.307 e. The number of rotatable bonds is 9. The molecule has 4 aromatic rings. The van der Waals surface area contributed by atoms with Crippen LogP contribution in [0.15, 0.2) is 66.7 Å². The highest BCUT2D eigenvalue weighted by molar-refractivity contribution is 6.04. The average molecular weight is 474 g/mol. The largest absolute Gasteiger partial charge is 0.497 e. The molecule has 0 aliphatic rings. The number of carboxylic acids is 1. The molecule has 7 heteroatoms. The van der Waals surface area contributed by atoms with Crippen LogP contribution in [0.3, 0.4) is 0 Å². The Balaban J connectivity index is 1.47. The third kappa shape index (κ3) is 5.14. The molecule has 180 valence electrons. The number of aryl methyl sites for hydroxylation is 1. The molecule has 3 aromatic carbocycles. The van der Waals surface area contributed by atoms with Gasteiger partial charge in [0.15, 0.2) is 0 Å². The number of fused-ring (bicyclic) bond motifs is 1. The van der Waals surface area contributed by atoms with E-state index in [0.717, 1.165) is 28.1 Å². The van der Waals surface area contributed by atoms with Crippen LogP contribution < -0.4 is 14.2 Å². The highest BCUT2D eigenvalue weighted by atomic mass is 16.5. The first-order valence-corrected chi connectivity index (χ1v) is 11.2. The molecule has 0 atom stereocenters. The Kier molecular flexibility index (Phi) is 7.06. The SMILES string of the molecule is COc1ccc(CCOc2ccc(C(=O)n3c(C)cc4c(CC(=O)O)cccc43)cc2)c(OC)c1. The number of nitrogens with zero attached hydrogens (tertiary/aromatic N) is 1. The van der Waals surface area contributed by atoms with Crippen molar-refractivity contribution in [2.24, 2.45) is 0 Å². The predicted molar refractivity (Wildman–Crippen MR) is 133 cm³/mol. The number of methoxy groups -OCH3 is 2. The zero-order valence-corrected chi connectivity index (χ0v) is 19.9. The zero-order valence-electron chi connectivity index (χ0n) is 19.9. The van der Waals surface area contributed by atoms with Gasteiger partial charge in [-0.1, -0.05) is 18.2 Å². The summed E-state index contributed by atoms with van der Waals surface area (Å²) in [4.78, 5) is 24.5. The summed E-state index contributed by atoms with van der Waals surface area (Å²) in [6.07, 6.45) is 0.560. The molecule has 0 aliphatic heterocycles. The molecular formula is C28H27NO6. The molecule has 0 fully saturated rings. The fourth-order valence-corrected chi connectivity index (χ4v) is 4.17. The second-order valence-corrected chi connectivity index (χ2v) is 8.15. The Morgan fingerprint density at radius 1 is 0.886 bits per heavy atom. The number of carbonyl (C=O) groups is 2. The molecular weight excluding hydrogens is 446 g/mol. The maximum atomic E-state index is 13.3. The first-order chi connectivity index (χ1) is 16.9. The quantitative estimate of drug-likeness (QED) is 0.372. The number of carbonyl (C=O) groups excluding carboxylic acids is 1. The molecule has 1 N–H and O–H groups in total. The highest BCUT2D eigenvalue weighted by Gasteiger charge is 2.17. The van der Waals surface area contributed by atoms with Crippen LogP contribution in [0, 0.1) is 6.92 Å². The lowest BCUT2D eigenvalue weighted by Gasteiger charge is -2.12. The van der Waals surface area contributed by atoms with Crippen molar-refractivity contribution in [1.82, 2.24) is 4.57 Å². The van der Waals surface area contributed by atoms with E-state index in [1.807, 2.05) is 37.3 Å². The van der Waals surface area contributed by atoms with Crippen LogP contribution in [0.2, 0.25) is 0 Å². The normalized spacial score (nSPS) is 10.8. The molecule has 7 nitrogen and oxygen atoms in total. The third-order valence-corrected chi connectivity index (χ3v) is 5.90. The lowest BCUT2D eigenvalue weighted by Crippen LogP contribution is -2.13.